The predicted molar refractivity (Wildman–Crippen MR) is 112 cm³/mol. The van der Waals surface area contributed by atoms with Gasteiger partial charge in [-0.1, -0.05) is 23.4 Å². The number of likely N-dealkylation sites (tertiary alicyclic amines) is 1. The molecule has 10 nitrogen and oxygen atoms in total. The minimum atomic E-state index is -0.722. The molecule has 1 aliphatic rings. The predicted octanol–water partition coefficient (Wildman–Crippen LogP) is 1.59. The van der Waals surface area contributed by atoms with Crippen LogP contribution in [0.2, 0.25) is 0 Å². The summed E-state index contributed by atoms with van der Waals surface area (Å²) in [7, 11) is 1.69. The van der Waals surface area contributed by atoms with E-state index in [9.17, 15) is 9.59 Å². The molecule has 1 aliphatic heterocycles. The number of nitrogens with one attached hydrogen (secondary N) is 1. The SMILES string of the molecule is CN1CCC(O)C1=O.NC(=O)c1nc(-c2cccc(-c3ccon3)c2)nc2cc[nH]c12. The summed E-state index contributed by atoms with van der Waals surface area (Å²) < 4.78 is 4.87. The standard InChI is InChI=1S/C16H11N5O2.C5H9NO2/c17-15(22)14-13-12(4-6-18-13)19-16(20-14)10-3-1-2-9(8-10)11-5-7-23-21-11;1-6-3-2-4(7)5(6)8/h1-8,18H,(H2,17,22);4,7H,2-3H2,1H3. The third-order valence-corrected chi connectivity index (χ3v) is 4.89. The minimum absolute atomic E-state index is 0.148. The quantitative estimate of drug-likeness (QED) is 0.455. The number of H-pyrrole nitrogens is 1. The number of aliphatic hydroxyl groups is 1. The van der Waals surface area contributed by atoms with E-state index in [2.05, 4.69) is 20.1 Å². The number of likely N-dealkylation sites (N-methyl/N-ethyl adjacent to an activating group) is 1. The van der Waals surface area contributed by atoms with E-state index in [0.717, 1.165) is 11.1 Å². The van der Waals surface area contributed by atoms with Crippen molar-refractivity contribution in [3.05, 3.63) is 54.6 Å². The second-order valence-corrected chi connectivity index (χ2v) is 7.03. The number of primary amides is 1. The Labute approximate surface area is 176 Å². The smallest absolute Gasteiger partial charge is 0.269 e. The van der Waals surface area contributed by atoms with Gasteiger partial charge in [0.25, 0.3) is 11.8 Å². The Hall–Kier alpha value is -4.05. The Kier molecular flexibility index (Phi) is 5.46. The molecule has 4 heterocycles. The number of amides is 2. The lowest BCUT2D eigenvalue weighted by Gasteiger charge is -2.05. The molecule has 0 spiro atoms. The number of nitrogens with two attached hydrogens (primary N) is 1. The van der Waals surface area contributed by atoms with Crippen LogP contribution in [0.4, 0.5) is 0 Å². The Morgan fingerprint density at radius 3 is 2.68 bits per heavy atom. The highest BCUT2D eigenvalue weighted by Gasteiger charge is 2.26. The molecule has 5 rings (SSSR count). The maximum absolute atomic E-state index is 11.6. The first-order chi connectivity index (χ1) is 14.9. The number of fused-ring (bicyclic) bond motifs is 1. The van der Waals surface area contributed by atoms with E-state index < -0.39 is 12.0 Å². The Morgan fingerprint density at radius 2 is 2.06 bits per heavy atom. The van der Waals surface area contributed by atoms with Crippen molar-refractivity contribution >= 4 is 22.8 Å². The lowest BCUT2D eigenvalue weighted by atomic mass is 10.1. The van der Waals surface area contributed by atoms with Gasteiger partial charge in [0, 0.05) is 37.0 Å². The highest BCUT2D eigenvalue weighted by atomic mass is 16.5. The third-order valence-electron chi connectivity index (χ3n) is 4.89. The van der Waals surface area contributed by atoms with Gasteiger partial charge in [0.15, 0.2) is 11.5 Å². The van der Waals surface area contributed by atoms with E-state index in [1.165, 1.54) is 11.2 Å². The highest BCUT2D eigenvalue weighted by molar-refractivity contribution is 6.02. The molecule has 4 N–H and O–H groups in total. The summed E-state index contributed by atoms with van der Waals surface area (Å²) in [5, 5.41) is 12.7. The first-order valence-electron chi connectivity index (χ1n) is 9.53. The van der Waals surface area contributed by atoms with Gasteiger partial charge in [-0.15, -0.1) is 0 Å². The molecule has 1 saturated heterocycles. The number of rotatable bonds is 3. The van der Waals surface area contributed by atoms with Crippen LogP contribution in [0.1, 0.15) is 16.9 Å². The molecule has 1 aromatic carbocycles. The van der Waals surface area contributed by atoms with Crippen LogP contribution >= 0.6 is 0 Å². The van der Waals surface area contributed by atoms with Crippen LogP contribution in [-0.4, -0.2) is 61.6 Å². The molecule has 0 aliphatic carbocycles. The van der Waals surface area contributed by atoms with Crippen LogP contribution in [0.5, 0.6) is 0 Å². The van der Waals surface area contributed by atoms with Crippen molar-refractivity contribution in [3.63, 3.8) is 0 Å². The van der Waals surface area contributed by atoms with Gasteiger partial charge < -0.3 is 25.2 Å². The van der Waals surface area contributed by atoms with Crippen LogP contribution < -0.4 is 5.73 Å². The number of aromatic amines is 1. The number of carbonyl (C=O) groups is 2. The molecule has 31 heavy (non-hydrogen) atoms. The number of hydrogen-bond acceptors (Lipinski definition) is 7. The lowest BCUT2D eigenvalue weighted by Crippen LogP contribution is -2.24. The molecule has 1 unspecified atom stereocenters. The molecule has 0 saturated carbocycles. The highest BCUT2D eigenvalue weighted by Crippen LogP contribution is 2.25. The summed E-state index contributed by atoms with van der Waals surface area (Å²) in [6, 6.07) is 11.1. The fraction of sp³-hybridized carbons (Fsp3) is 0.190. The molecule has 2 amide bonds. The fourth-order valence-electron chi connectivity index (χ4n) is 3.24. The van der Waals surface area contributed by atoms with Gasteiger partial charge in [-0.25, -0.2) is 9.97 Å². The number of nitrogens with zero attached hydrogens (tertiary/aromatic N) is 4. The maximum atomic E-state index is 11.6. The summed E-state index contributed by atoms with van der Waals surface area (Å²) in [5.41, 5.74) is 9.10. The van der Waals surface area contributed by atoms with Crippen LogP contribution in [0.15, 0.2) is 53.4 Å². The summed E-state index contributed by atoms with van der Waals surface area (Å²) in [6.07, 6.45) is 3.08. The monoisotopic (exact) mass is 420 g/mol. The van der Waals surface area contributed by atoms with E-state index in [1.807, 2.05) is 24.3 Å². The number of benzene rings is 1. The Morgan fingerprint density at radius 1 is 1.26 bits per heavy atom. The minimum Gasteiger partial charge on any atom is -0.383 e. The van der Waals surface area contributed by atoms with Gasteiger partial charge in [-0.05, 0) is 18.6 Å². The number of carbonyl (C=O) groups excluding carboxylic acids is 2. The van der Waals surface area contributed by atoms with Crippen molar-refractivity contribution in [2.45, 2.75) is 12.5 Å². The van der Waals surface area contributed by atoms with E-state index >= 15 is 0 Å². The van der Waals surface area contributed by atoms with E-state index in [-0.39, 0.29) is 11.6 Å². The van der Waals surface area contributed by atoms with Crippen molar-refractivity contribution < 1.29 is 19.2 Å². The maximum Gasteiger partial charge on any atom is 0.269 e. The molecule has 3 aromatic heterocycles. The van der Waals surface area contributed by atoms with Crippen molar-refractivity contribution in [1.82, 2.24) is 25.0 Å². The molecule has 10 heteroatoms. The number of aliphatic hydroxyl groups excluding tert-OH is 1. The molecule has 0 radical (unpaired) electrons. The Bertz CT molecular complexity index is 1220. The van der Waals surface area contributed by atoms with Crippen molar-refractivity contribution in [1.29, 1.82) is 0 Å². The summed E-state index contributed by atoms with van der Waals surface area (Å²) >= 11 is 0. The van der Waals surface area contributed by atoms with Crippen LogP contribution in [0, 0.1) is 0 Å². The van der Waals surface area contributed by atoms with Crippen molar-refractivity contribution in [3.8, 4) is 22.6 Å². The lowest BCUT2D eigenvalue weighted by molar-refractivity contribution is -0.133. The van der Waals surface area contributed by atoms with Gasteiger partial charge >= 0.3 is 0 Å². The molecule has 0 bridgehead atoms. The first kappa shape index (κ1) is 20.2. The topological polar surface area (TPSA) is 151 Å². The summed E-state index contributed by atoms with van der Waals surface area (Å²) in [6.45, 7) is 0.694. The van der Waals surface area contributed by atoms with Crippen LogP contribution in [0.25, 0.3) is 33.7 Å². The second kappa shape index (κ2) is 8.36. The zero-order chi connectivity index (χ0) is 22.0. The zero-order valence-corrected chi connectivity index (χ0v) is 16.6. The molecule has 158 valence electrons. The molecule has 1 fully saturated rings. The number of hydrogen-bond donors (Lipinski definition) is 3. The third kappa shape index (κ3) is 4.14. The Balaban J connectivity index is 0.000000245. The van der Waals surface area contributed by atoms with E-state index in [4.69, 9.17) is 15.4 Å². The molecule has 1 atom stereocenters. The van der Waals surface area contributed by atoms with Gasteiger partial charge in [-0.2, -0.15) is 0 Å². The molecular formula is C21H20N6O4. The number of aromatic nitrogens is 4. The van der Waals surface area contributed by atoms with Crippen LogP contribution in [-0.2, 0) is 4.79 Å². The van der Waals surface area contributed by atoms with Gasteiger partial charge in [0.2, 0.25) is 0 Å². The normalized spacial score (nSPS) is 15.7. The van der Waals surface area contributed by atoms with E-state index in [1.54, 1.807) is 25.4 Å². The van der Waals surface area contributed by atoms with Crippen LogP contribution in [0.3, 0.4) is 0 Å². The van der Waals surface area contributed by atoms with Gasteiger partial charge in [0.05, 0.1) is 11.0 Å². The average molecular weight is 420 g/mol. The molecule has 4 aromatic rings. The van der Waals surface area contributed by atoms with E-state index in [0.29, 0.717) is 35.5 Å². The van der Waals surface area contributed by atoms with Crippen molar-refractivity contribution in [2.75, 3.05) is 13.6 Å². The molecular weight excluding hydrogens is 400 g/mol. The zero-order valence-electron chi connectivity index (χ0n) is 16.6. The second-order valence-electron chi connectivity index (χ2n) is 7.03. The van der Waals surface area contributed by atoms with Gasteiger partial charge in [-0.3, -0.25) is 9.59 Å². The largest absolute Gasteiger partial charge is 0.383 e. The summed E-state index contributed by atoms with van der Waals surface area (Å²) in [4.78, 5) is 35.5. The fourth-order valence-corrected chi connectivity index (χ4v) is 3.24. The summed E-state index contributed by atoms with van der Waals surface area (Å²) in [5.74, 6) is -0.324. The average Bonchev–Trinajstić information content (AvgIpc) is 3.53. The van der Waals surface area contributed by atoms with Gasteiger partial charge in [0.1, 0.15) is 18.1 Å². The van der Waals surface area contributed by atoms with Crippen molar-refractivity contribution in [2.24, 2.45) is 5.73 Å². The first-order valence-corrected chi connectivity index (χ1v) is 9.53.